The van der Waals surface area contributed by atoms with Gasteiger partial charge in [-0.1, -0.05) is 19.1 Å². The molecule has 2 atom stereocenters. The first-order valence-electron chi connectivity index (χ1n) is 10.5. The maximum Gasteiger partial charge on any atom is 0.272 e. The van der Waals surface area contributed by atoms with Gasteiger partial charge in [0.2, 0.25) is 5.88 Å². The molecule has 2 unspecified atom stereocenters. The Morgan fingerprint density at radius 3 is 2.81 bits per heavy atom. The highest BCUT2D eigenvalue weighted by atomic mass is 19.3. The molecule has 0 N–H and O–H groups in total. The number of hydrogen-bond acceptors (Lipinski definition) is 6. The Balaban J connectivity index is 1.47. The number of nitrogens with zero attached hydrogens (tertiary/aromatic N) is 5. The summed E-state index contributed by atoms with van der Waals surface area (Å²) in [4.78, 5) is 22.1. The minimum atomic E-state index is -2.69. The summed E-state index contributed by atoms with van der Waals surface area (Å²) in [5, 5.41) is 6.43. The lowest BCUT2D eigenvalue weighted by Gasteiger charge is -2.24. The molecular formula is C22H24F3N5O2. The molecule has 0 aliphatic carbocycles. The van der Waals surface area contributed by atoms with E-state index >= 15 is 0 Å². The Morgan fingerprint density at radius 1 is 1.28 bits per heavy atom. The molecule has 0 radical (unpaired) electrons. The van der Waals surface area contributed by atoms with Crippen LogP contribution in [0.1, 0.15) is 53.4 Å². The minimum absolute atomic E-state index is 0.00686. The van der Waals surface area contributed by atoms with Crippen LogP contribution >= 0.6 is 0 Å². The van der Waals surface area contributed by atoms with Crippen LogP contribution in [-0.2, 0) is 13.1 Å². The standard InChI is InChI=1S/C22H24F3N5O2/c1-3-6-30-13(2)16(8-28-30)14-4-5-15(17(23)7-14)9-29-10-18-20(22(29)31)21(27-12-26-18)32-11-19(24)25/h4-5,7-8,12-13,16,19H,3,6,9-11H2,1-2H3. The molecule has 0 spiro atoms. The number of rotatable bonds is 8. The molecule has 7 nitrogen and oxygen atoms in total. The number of fused-ring (bicyclic) bond motifs is 1. The number of carbonyl (C=O) groups excluding carboxylic acids is 1. The zero-order valence-corrected chi connectivity index (χ0v) is 17.8. The highest BCUT2D eigenvalue weighted by Gasteiger charge is 2.34. The summed E-state index contributed by atoms with van der Waals surface area (Å²) in [6.45, 7) is 4.27. The first-order chi connectivity index (χ1) is 15.4. The molecule has 32 heavy (non-hydrogen) atoms. The van der Waals surface area contributed by atoms with E-state index in [0.717, 1.165) is 24.9 Å². The van der Waals surface area contributed by atoms with Gasteiger partial charge in [-0.25, -0.2) is 23.1 Å². The van der Waals surface area contributed by atoms with Crippen molar-refractivity contribution in [2.24, 2.45) is 5.10 Å². The van der Waals surface area contributed by atoms with Crippen molar-refractivity contribution in [3.05, 3.63) is 52.7 Å². The van der Waals surface area contributed by atoms with Crippen molar-refractivity contribution in [1.82, 2.24) is 19.9 Å². The van der Waals surface area contributed by atoms with Crippen LogP contribution in [0.25, 0.3) is 0 Å². The van der Waals surface area contributed by atoms with E-state index in [9.17, 15) is 18.0 Å². The number of alkyl halides is 2. The Morgan fingerprint density at radius 2 is 2.09 bits per heavy atom. The fourth-order valence-corrected chi connectivity index (χ4v) is 4.06. The summed E-state index contributed by atoms with van der Waals surface area (Å²) >= 11 is 0. The zero-order chi connectivity index (χ0) is 22.8. The molecule has 2 aromatic rings. The van der Waals surface area contributed by atoms with E-state index in [-0.39, 0.29) is 36.5 Å². The summed E-state index contributed by atoms with van der Waals surface area (Å²) in [6, 6.07) is 5.15. The maximum atomic E-state index is 14.9. The third kappa shape index (κ3) is 4.26. The number of aromatic nitrogens is 2. The molecule has 4 rings (SSSR count). The predicted molar refractivity (Wildman–Crippen MR) is 111 cm³/mol. The summed E-state index contributed by atoms with van der Waals surface area (Å²) in [5.74, 6) is -1.07. The van der Waals surface area contributed by atoms with Crippen LogP contribution in [-0.4, -0.2) is 57.6 Å². The Kier molecular flexibility index (Phi) is 6.29. The van der Waals surface area contributed by atoms with Crippen LogP contribution in [0.2, 0.25) is 0 Å². The predicted octanol–water partition coefficient (Wildman–Crippen LogP) is 3.60. The second kappa shape index (κ2) is 9.13. The summed E-state index contributed by atoms with van der Waals surface area (Å²) in [5.41, 5.74) is 1.60. The lowest BCUT2D eigenvalue weighted by Crippen LogP contribution is -2.29. The minimum Gasteiger partial charge on any atom is -0.471 e. The van der Waals surface area contributed by atoms with Crippen LogP contribution in [0.5, 0.6) is 5.88 Å². The van der Waals surface area contributed by atoms with Crippen molar-refractivity contribution in [3.8, 4) is 5.88 Å². The number of hydrazone groups is 1. The molecule has 0 saturated heterocycles. The van der Waals surface area contributed by atoms with E-state index in [2.05, 4.69) is 28.9 Å². The van der Waals surface area contributed by atoms with Gasteiger partial charge in [0.1, 0.15) is 17.7 Å². The zero-order valence-electron chi connectivity index (χ0n) is 17.8. The van der Waals surface area contributed by atoms with Gasteiger partial charge in [0.05, 0.1) is 18.3 Å². The third-order valence-corrected chi connectivity index (χ3v) is 5.72. The lowest BCUT2D eigenvalue weighted by molar-refractivity contribution is 0.0718. The lowest BCUT2D eigenvalue weighted by atomic mass is 9.93. The SMILES string of the molecule is CCCN1N=CC(c2ccc(CN3Cc4ncnc(OCC(F)F)c4C3=O)c(F)c2)C1C. The molecule has 1 aromatic carbocycles. The molecule has 3 heterocycles. The number of hydrogen-bond donors (Lipinski definition) is 0. The van der Waals surface area contributed by atoms with Crippen molar-refractivity contribution in [2.45, 2.75) is 51.7 Å². The number of halogens is 3. The van der Waals surface area contributed by atoms with Gasteiger partial charge in [-0.3, -0.25) is 9.80 Å². The van der Waals surface area contributed by atoms with E-state index in [0.29, 0.717) is 11.3 Å². The Bertz CT molecular complexity index is 1030. The second-order valence-electron chi connectivity index (χ2n) is 7.91. The van der Waals surface area contributed by atoms with Crippen LogP contribution < -0.4 is 4.74 Å². The van der Waals surface area contributed by atoms with Gasteiger partial charge < -0.3 is 9.64 Å². The molecule has 170 valence electrons. The summed E-state index contributed by atoms with van der Waals surface area (Å²) in [6.07, 6.45) is 1.29. The average Bonchev–Trinajstić information content (AvgIpc) is 3.28. The fourth-order valence-electron chi connectivity index (χ4n) is 4.06. The van der Waals surface area contributed by atoms with Gasteiger partial charge in [0.25, 0.3) is 12.3 Å². The molecular weight excluding hydrogens is 423 g/mol. The van der Waals surface area contributed by atoms with Crippen LogP contribution in [0.3, 0.4) is 0 Å². The Labute approximate surface area is 183 Å². The smallest absolute Gasteiger partial charge is 0.272 e. The van der Waals surface area contributed by atoms with Gasteiger partial charge in [-0.05, 0) is 25.0 Å². The molecule has 0 saturated carbocycles. The average molecular weight is 447 g/mol. The van der Waals surface area contributed by atoms with Crippen molar-refractivity contribution < 1.29 is 22.7 Å². The largest absolute Gasteiger partial charge is 0.471 e. The number of benzene rings is 1. The van der Waals surface area contributed by atoms with E-state index in [4.69, 9.17) is 4.74 Å². The van der Waals surface area contributed by atoms with Crippen LogP contribution in [0, 0.1) is 5.82 Å². The monoisotopic (exact) mass is 447 g/mol. The molecule has 1 amide bonds. The maximum absolute atomic E-state index is 14.9. The number of ether oxygens (including phenoxy) is 1. The normalized spacial score (nSPS) is 19.9. The van der Waals surface area contributed by atoms with Crippen molar-refractivity contribution in [2.75, 3.05) is 13.2 Å². The Hall–Kier alpha value is -3.17. The van der Waals surface area contributed by atoms with Gasteiger partial charge in [-0.15, -0.1) is 0 Å². The van der Waals surface area contributed by atoms with Crippen molar-refractivity contribution in [1.29, 1.82) is 0 Å². The van der Waals surface area contributed by atoms with Gasteiger partial charge in [0.15, 0.2) is 6.61 Å². The van der Waals surface area contributed by atoms with Gasteiger partial charge >= 0.3 is 0 Å². The molecule has 10 heteroatoms. The first-order valence-corrected chi connectivity index (χ1v) is 10.5. The van der Waals surface area contributed by atoms with Gasteiger partial charge in [-0.2, -0.15) is 5.10 Å². The number of amides is 1. The summed E-state index contributed by atoms with van der Waals surface area (Å²) < 4.78 is 44.9. The molecule has 2 aliphatic rings. The molecule has 0 fully saturated rings. The van der Waals surface area contributed by atoms with Crippen LogP contribution in [0.4, 0.5) is 13.2 Å². The third-order valence-electron chi connectivity index (χ3n) is 5.72. The fraction of sp³-hybridized carbons (Fsp3) is 0.455. The topological polar surface area (TPSA) is 70.9 Å². The van der Waals surface area contributed by atoms with Gasteiger partial charge in [0, 0.05) is 30.8 Å². The van der Waals surface area contributed by atoms with Crippen LogP contribution in [0.15, 0.2) is 29.6 Å². The first kappa shape index (κ1) is 22.0. The van der Waals surface area contributed by atoms with E-state index in [1.807, 2.05) is 17.3 Å². The molecule has 2 aliphatic heterocycles. The number of carbonyl (C=O) groups is 1. The van der Waals surface area contributed by atoms with Crippen molar-refractivity contribution >= 4 is 12.1 Å². The summed E-state index contributed by atoms with van der Waals surface area (Å²) in [7, 11) is 0. The highest BCUT2D eigenvalue weighted by molar-refractivity contribution is 5.99. The quantitative estimate of drug-likeness (QED) is 0.619. The molecule has 1 aromatic heterocycles. The van der Waals surface area contributed by atoms with E-state index in [1.54, 1.807) is 6.07 Å². The second-order valence-corrected chi connectivity index (χ2v) is 7.91. The van der Waals surface area contributed by atoms with E-state index in [1.165, 1.54) is 11.0 Å². The van der Waals surface area contributed by atoms with Crippen molar-refractivity contribution in [3.63, 3.8) is 0 Å². The molecule has 0 bridgehead atoms. The van der Waals surface area contributed by atoms with E-state index < -0.39 is 24.8 Å². The highest BCUT2D eigenvalue weighted by Crippen LogP contribution is 2.31.